The van der Waals surface area contributed by atoms with Crippen LogP contribution >= 0.6 is 0 Å². The fraction of sp³-hybridized carbons (Fsp3) is 0.786. The summed E-state index contributed by atoms with van der Waals surface area (Å²) in [6, 6.07) is -1.14. The van der Waals surface area contributed by atoms with Gasteiger partial charge in [-0.25, -0.2) is 9.59 Å². The molecule has 0 radical (unpaired) electrons. The van der Waals surface area contributed by atoms with Crippen molar-refractivity contribution in [2.75, 3.05) is 14.2 Å². The average molecular weight is 301 g/mol. The van der Waals surface area contributed by atoms with E-state index in [2.05, 4.69) is 4.74 Å². The summed E-state index contributed by atoms with van der Waals surface area (Å²) in [4.78, 5) is 36.9. The molecular formula is C14H23NO6. The van der Waals surface area contributed by atoms with Gasteiger partial charge in [0.1, 0.15) is 11.6 Å². The van der Waals surface area contributed by atoms with Gasteiger partial charge in [-0.05, 0) is 33.6 Å². The lowest BCUT2D eigenvalue weighted by atomic mass is 10.1. The maximum atomic E-state index is 12.3. The molecule has 1 amide bonds. The van der Waals surface area contributed by atoms with E-state index in [-0.39, 0.29) is 6.42 Å². The molecule has 0 spiro atoms. The fourth-order valence-corrected chi connectivity index (χ4v) is 2.32. The third-order valence-electron chi connectivity index (χ3n) is 3.21. The van der Waals surface area contributed by atoms with E-state index in [0.29, 0.717) is 12.8 Å². The zero-order valence-electron chi connectivity index (χ0n) is 13.2. The Hall–Kier alpha value is -1.79. The van der Waals surface area contributed by atoms with Crippen molar-refractivity contribution in [3.05, 3.63) is 0 Å². The first-order chi connectivity index (χ1) is 9.69. The van der Waals surface area contributed by atoms with E-state index < -0.39 is 35.7 Å². The van der Waals surface area contributed by atoms with Crippen LogP contribution in [0.15, 0.2) is 0 Å². The monoisotopic (exact) mass is 301 g/mol. The van der Waals surface area contributed by atoms with Gasteiger partial charge >= 0.3 is 18.0 Å². The van der Waals surface area contributed by atoms with Gasteiger partial charge in [-0.3, -0.25) is 9.69 Å². The number of amides is 1. The standard InChI is InChI=1S/C14H23NO6/c1-14(2,3)21-13(18)15-9(8-11(16)19-4)6-7-10(15)12(17)20-5/h9-10H,6-8H2,1-5H3/t9-,10+/m1/s1. The highest BCUT2D eigenvalue weighted by Crippen LogP contribution is 2.29. The minimum atomic E-state index is -0.723. The predicted octanol–water partition coefficient (Wildman–Crippen LogP) is 1.49. The first kappa shape index (κ1) is 17.3. The van der Waals surface area contributed by atoms with Crippen LogP contribution in [-0.4, -0.2) is 54.8 Å². The largest absolute Gasteiger partial charge is 0.469 e. The van der Waals surface area contributed by atoms with E-state index in [9.17, 15) is 14.4 Å². The van der Waals surface area contributed by atoms with Crippen molar-refractivity contribution in [1.82, 2.24) is 4.90 Å². The Balaban J connectivity index is 2.92. The Bertz CT molecular complexity index is 414. The van der Waals surface area contributed by atoms with Gasteiger partial charge in [0, 0.05) is 6.04 Å². The number of esters is 2. The van der Waals surface area contributed by atoms with Crippen LogP contribution in [-0.2, 0) is 23.8 Å². The van der Waals surface area contributed by atoms with Crippen molar-refractivity contribution in [3.8, 4) is 0 Å². The second kappa shape index (κ2) is 6.78. The van der Waals surface area contributed by atoms with Crippen molar-refractivity contribution in [3.63, 3.8) is 0 Å². The van der Waals surface area contributed by atoms with Gasteiger partial charge in [0.2, 0.25) is 0 Å². The van der Waals surface area contributed by atoms with Gasteiger partial charge in [0.05, 0.1) is 20.6 Å². The third kappa shape index (κ3) is 4.61. The number of likely N-dealkylation sites (tertiary alicyclic amines) is 1. The summed E-state index contributed by atoms with van der Waals surface area (Å²) in [5.41, 5.74) is -0.684. The molecule has 0 aliphatic carbocycles. The minimum absolute atomic E-state index is 0.0310. The van der Waals surface area contributed by atoms with Gasteiger partial charge < -0.3 is 14.2 Å². The lowest BCUT2D eigenvalue weighted by Gasteiger charge is -2.31. The van der Waals surface area contributed by atoms with Gasteiger partial charge in [0.15, 0.2) is 0 Å². The molecule has 1 rings (SSSR count). The number of carbonyl (C=O) groups is 3. The number of rotatable bonds is 3. The normalized spacial score (nSPS) is 21.9. The van der Waals surface area contributed by atoms with E-state index in [1.165, 1.54) is 19.1 Å². The second-order valence-electron chi connectivity index (χ2n) is 5.94. The molecule has 0 aromatic rings. The molecule has 0 N–H and O–H groups in total. The molecule has 1 aliphatic rings. The number of methoxy groups -OCH3 is 2. The van der Waals surface area contributed by atoms with Crippen LogP contribution in [0.4, 0.5) is 4.79 Å². The highest BCUT2D eigenvalue weighted by atomic mass is 16.6. The summed E-state index contributed by atoms with van der Waals surface area (Å²) < 4.78 is 14.7. The lowest BCUT2D eigenvalue weighted by molar-refractivity contribution is -0.148. The first-order valence-electron chi connectivity index (χ1n) is 6.85. The topological polar surface area (TPSA) is 82.1 Å². The highest BCUT2D eigenvalue weighted by Gasteiger charge is 2.44. The van der Waals surface area contributed by atoms with Gasteiger partial charge in [-0.2, -0.15) is 0 Å². The van der Waals surface area contributed by atoms with Gasteiger partial charge in [-0.1, -0.05) is 0 Å². The van der Waals surface area contributed by atoms with Crippen molar-refractivity contribution in [2.24, 2.45) is 0 Å². The van der Waals surface area contributed by atoms with Crippen LogP contribution < -0.4 is 0 Å². The van der Waals surface area contributed by atoms with Crippen molar-refractivity contribution >= 4 is 18.0 Å². The number of hydrogen-bond acceptors (Lipinski definition) is 6. The molecule has 1 fully saturated rings. The zero-order chi connectivity index (χ0) is 16.2. The average Bonchev–Trinajstić information content (AvgIpc) is 2.79. The van der Waals surface area contributed by atoms with Crippen LogP contribution in [0.3, 0.4) is 0 Å². The van der Waals surface area contributed by atoms with Gasteiger partial charge in [0.25, 0.3) is 0 Å². The SMILES string of the molecule is COC(=O)C[C@H]1CC[C@@H](C(=O)OC)N1C(=O)OC(C)(C)C. The maximum absolute atomic E-state index is 12.3. The summed E-state index contributed by atoms with van der Waals surface area (Å²) in [5, 5.41) is 0. The summed E-state index contributed by atoms with van der Waals surface area (Å²) in [7, 11) is 2.55. The summed E-state index contributed by atoms with van der Waals surface area (Å²) in [5.74, 6) is -0.938. The molecule has 21 heavy (non-hydrogen) atoms. The molecule has 0 bridgehead atoms. The Kier molecular flexibility index (Phi) is 5.57. The maximum Gasteiger partial charge on any atom is 0.411 e. The fourth-order valence-electron chi connectivity index (χ4n) is 2.32. The van der Waals surface area contributed by atoms with Crippen LogP contribution in [0.2, 0.25) is 0 Å². The molecule has 0 unspecified atom stereocenters. The third-order valence-corrected chi connectivity index (χ3v) is 3.21. The second-order valence-corrected chi connectivity index (χ2v) is 5.94. The molecule has 7 heteroatoms. The predicted molar refractivity (Wildman–Crippen MR) is 73.5 cm³/mol. The summed E-state index contributed by atoms with van der Waals surface area (Å²) in [6.07, 6.45) is 0.370. The lowest BCUT2D eigenvalue weighted by Crippen LogP contribution is -2.48. The van der Waals surface area contributed by atoms with Crippen LogP contribution in [0, 0.1) is 0 Å². The van der Waals surface area contributed by atoms with E-state index in [1.807, 2.05) is 0 Å². The van der Waals surface area contributed by atoms with Crippen LogP contribution in [0.5, 0.6) is 0 Å². The molecule has 1 aliphatic heterocycles. The highest BCUT2D eigenvalue weighted by molar-refractivity contribution is 5.83. The number of hydrogen-bond donors (Lipinski definition) is 0. The van der Waals surface area contributed by atoms with E-state index in [4.69, 9.17) is 9.47 Å². The number of ether oxygens (including phenoxy) is 3. The Morgan fingerprint density at radius 3 is 2.19 bits per heavy atom. The molecule has 120 valence electrons. The van der Waals surface area contributed by atoms with E-state index >= 15 is 0 Å². The van der Waals surface area contributed by atoms with Gasteiger partial charge in [-0.15, -0.1) is 0 Å². The molecule has 0 aromatic heterocycles. The van der Waals surface area contributed by atoms with E-state index in [0.717, 1.165) is 0 Å². The molecule has 1 saturated heterocycles. The zero-order valence-corrected chi connectivity index (χ0v) is 13.2. The van der Waals surface area contributed by atoms with Crippen molar-refractivity contribution < 1.29 is 28.6 Å². The quantitative estimate of drug-likeness (QED) is 0.580. The Morgan fingerprint density at radius 1 is 1.10 bits per heavy atom. The first-order valence-corrected chi connectivity index (χ1v) is 6.85. The molecular weight excluding hydrogens is 278 g/mol. The van der Waals surface area contributed by atoms with Crippen LogP contribution in [0.1, 0.15) is 40.0 Å². The summed E-state index contributed by atoms with van der Waals surface area (Å²) in [6.45, 7) is 5.22. The molecule has 2 atom stereocenters. The van der Waals surface area contributed by atoms with Crippen molar-refractivity contribution in [2.45, 2.75) is 57.7 Å². The number of nitrogens with zero attached hydrogens (tertiary/aromatic N) is 1. The molecule has 7 nitrogen and oxygen atoms in total. The Labute approximate surface area is 124 Å². The Morgan fingerprint density at radius 2 is 1.71 bits per heavy atom. The molecule has 0 saturated carbocycles. The van der Waals surface area contributed by atoms with Crippen LogP contribution in [0.25, 0.3) is 0 Å². The minimum Gasteiger partial charge on any atom is -0.469 e. The van der Waals surface area contributed by atoms with Crippen molar-refractivity contribution in [1.29, 1.82) is 0 Å². The number of carbonyl (C=O) groups excluding carboxylic acids is 3. The summed E-state index contributed by atoms with van der Waals surface area (Å²) >= 11 is 0. The van der Waals surface area contributed by atoms with E-state index in [1.54, 1.807) is 20.8 Å². The molecule has 0 aromatic carbocycles. The molecule has 1 heterocycles. The smallest absolute Gasteiger partial charge is 0.411 e.